The van der Waals surface area contributed by atoms with Crippen LogP contribution in [0.1, 0.15) is 31.0 Å². The Hall–Kier alpha value is -2.35. The van der Waals surface area contributed by atoms with Crippen molar-refractivity contribution in [1.82, 2.24) is 4.98 Å². The molecular formula is C19H19NO. The lowest BCUT2D eigenvalue weighted by Crippen LogP contribution is -1.89. The summed E-state index contributed by atoms with van der Waals surface area (Å²) in [7, 11) is 0. The minimum absolute atomic E-state index is 0.233. The van der Waals surface area contributed by atoms with Gasteiger partial charge in [0, 0.05) is 11.1 Å². The van der Waals surface area contributed by atoms with Crippen molar-refractivity contribution in [3.8, 4) is 16.9 Å². The van der Waals surface area contributed by atoms with Gasteiger partial charge in [-0.05, 0) is 47.7 Å². The summed E-state index contributed by atoms with van der Waals surface area (Å²) in [6, 6.07) is 16.3. The summed E-state index contributed by atoms with van der Waals surface area (Å²) in [5.74, 6) is 0.760. The molecule has 0 atom stereocenters. The number of benzene rings is 2. The van der Waals surface area contributed by atoms with Gasteiger partial charge < -0.3 is 5.11 Å². The maximum Gasteiger partial charge on any atom is 0.141 e. The summed E-state index contributed by atoms with van der Waals surface area (Å²) < 4.78 is 0. The molecular weight excluding hydrogens is 258 g/mol. The molecule has 106 valence electrons. The minimum Gasteiger partial charge on any atom is -0.506 e. The smallest absolute Gasteiger partial charge is 0.141 e. The zero-order valence-electron chi connectivity index (χ0n) is 12.6. The van der Waals surface area contributed by atoms with Crippen molar-refractivity contribution < 1.29 is 5.11 Å². The van der Waals surface area contributed by atoms with Crippen LogP contribution in [-0.2, 0) is 0 Å². The molecule has 0 amide bonds. The lowest BCUT2D eigenvalue weighted by molar-refractivity contribution is 0.480. The fraction of sp³-hybridized carbons (Fsp3) is 0.211. The van der Waals surface area contributed by atoms with Gasteiger partial charge in [0.2, 0.25) is 0 Å². The van der Waals surface area contributed by atoms with Gasteiger partial charge in [-0.3, -0.25) is 0 Å². The fourth-order valence-corrected chi connectivity index (χ4v) is 2.60. The monoisotopic (exact) mass is 277 g/mol. The number of rotatable bonds is 2. The Bertz CT molecular complexity index is 789. The van der Waals surface area contributed by atoms with Crippen LogP contribution in [0.4, 0.5) is 0 Å². The summed E-state index contributed by atoms with van der Waals surface area (Å²) in [6.07, 6.45) is 0. The Kier molecular flexibility index (Phi) is 3.38. The molecule has 0 spiro atoms. The van der Waals surface area contributed by atoms with Crippen molar-refractivity contribution in [2.75, 3.05) is 0 Å². The molecule has 2 heteroatoms. The maximum absolute atomic E-state index is 10.0. The van der Waals surface area contributed by atoms with Gasteiger partial charge in [0.1, 0.15) is 11.3 Å². The van der Waals surface area contributed by atoms with Gasteiger partial charge in [0.25, 0.3) is 0 Å². The van der Waals surface area contributed by atoms with Gasteiger partial charge in [-0.2, -0.15) is 0 Å². The molecule has 1 aromatic heterocycles. The van der Waals surface area contributed by atoms with Gasteiger partial charge in [-0.15, -0.1) is 0 Å². The first-order chi connectivity index (χ1) is 10.1. The van der Waals surface area contributed by atoms with Crippen LogP contribution in [-0.4, -0.2) is 10.1 Å². The second kappa shape index (κ2) is 5.21. The van der Waals surface area contributed by atoms with Crippen LogP contribution in [0, 0.1) is 6.92 Å². The van der Waals surface area contributed by atoms with Gasteiger partial charge >= 0.3 is 0 Å². The van der Waals surface area contributed by atoms with E-state index < -0.39 is 0 Å². The predicted octanol–water partition coefficient (Wildman–Crippen LogP) is 5.04. The van der Waals surface area contributed by atoms with Crippen LogP contribution in [0.2, 0.25) is 0 Å². The highest BCUT2D eigenvalue weighted by Gasteiger charge is 2.09. The molecule has 0 saturated carbocycles. The number of aromatic nitrogens is 1. The van der Waals surface area contributed by atoms with E-state index in [-0.39, 0.29) is 5.75 Å². The molecule has 0 aliphatic carbocycles. The van der Waals surface area contributed by atoms with E-state index in [1.165, 1.54) is 5.56 Å². The number of nitrogens with zero attached hydrogens (tertiary/aromatic N) is 1. The van der Waals surface area contributed by atoms with E-state index in [4.69, 9.17) is 0 Å². The molecule has 0 fully saturated rings. The molecule has 0 aliphatic heterocycles. The van der Waals surface area contributed by atoms with E-state index in [1.54, 1.807) is 6.07 Å². The highest BCUT2D eigenvalue weighted by Crippen LogP contribution is 2.33. The Morgan fingerprint density at radius 2 is 1.62 bits per heavy atom. The third-order valence-corrected chi connectivity index (χ3v) is 3.86. The average Bonchev–Trinajstić information content (AvgIpc) is 2.48. The normalized spacial score (nSPS) is 11.2. The Morgan fingerprint density at radius 3 is 2.29 bits per heavy atom. The minimum atomic E-state index is 0.233. The van der Waals surface area contributed by atoms with Crippen LogP contribution in [0.15, 0.2) is 48.5 Å². The molecule has 0 bridgehead atoms. The molecule has 3 aromatic rings. The second-order valence-electron chi connectivity index (χ2n) is 5.76. The number of aromatic hydroxyl groups is 1. The molecule has 1 N–H and O–H groups in total. The van der Waals surface area contributed by atoms with Gasteiger partial charge in [-0.25, -0.2) is 4.98 Å². The van der Waals surface area contributed by atoms with Crippen molar-refractivity contribution in [2.45, 2.75) is 26.7 Å². The number of aryl methyl sites for hydroxylation is 1. The first kappa shape index (κ1) is 13.6. The topological polar surface area (TPSA) is 33.1 Å². The lowest BCUT2D eigenvalue weighted by atomic mass is 9.96. The summed E-state index contributed by atoms with van der Waals surface area (Å²) in [5.41, 5.74) is 5.15. The highest BCUT2D eigenvalue weighted by molar-refractivity contribution is 5.97. The van der Waals surface area contributed by atoms with Crippen molar-refractivity contribution in [3.63, 3.8) is 0 Å². The molecule has 0 unspecified atom stereocenters. The Morgan fingerprint density at radius 1 is 0.905 bits per heavy atom. The fourth-order valence-electron chi connectivity index (χ4n) is 2.60. The van der Waals surface area contributed by atoms with Crippen LogP contribution in [0.25, 0.3) is 22.0 Å². The molecule has 0 saturated heterocycles. The third-order valence-electron chi connectivity index (χ3n) is 3.86. The van der Waals surface area contributed by atoms with Crippen LogP contribution in [0.5, 0.6) is 5.75 Å². The number of hydrogen-bond donors (Lipinski definition) is 1. The van der Waals surface area contributed by atoms with Crippen LogP contribution in [0.3, 0.4) is 0 Å². The number of fused-ring (bicyclic) bond motifs is 1. The van der Waals surface area contributed by atoms with E-state index in [1.807, 2.05) is 25.1 Å². The average molecular weight is 277 g/mol. The maximum atomic E-state index is 10.0. The van der Waals surface area contributed by atoms with Crippen LogP contribution >= 0.6 is 0 Å². The molecule has 3 rings (SSSR count). The van der Waals surface area contributed by atoms with Gasteiger partial charge in [-0.1, -0.05) is 44.2 Å². The quantitative estimate of drug-likeness (QED) is 0.712. The molecule has 21 heavy (non-hydrogen) atoms. The van der Waals surface area contributed by atoms with Gasteiger partial charge in [0.05, 0.1) is 0 Å². The van der Waals surface area contributed by atoms with Crippen molar-refractivity contribution in [2.24, 2.45) is 0 Å². The van der Waals surface area contributed by atoms with Crippen molar-refractivity contribution in [1.29, 1.82) is 0 Å². The number of phenolic OH excluding ortho intramolecular Hbond substituents is 1. The third kappa shape index (κ3) is 2.49. The summed E-state index contributed by atoms with van der Waals surface area (Å²) in [4.78, 5) is 4.46. The largest absolute Gasteiger partial charge is 0.506 e. The van der Waals surface area contributed by atoms with Crippen molar-refractivity contribution in [3.05, 3.63) is 59.8 Å². The lowest BCUT2D eigenvalue weighted by Gasteiger charge is -2.10. The first-order valence-corrected chi connectivity index (χ1v) is 7.26. The zero-order valence-corrected chi connectivity index (χ0v) is 12.6. The summed E-state index contributed by atoms with van der Waals surface area (Å²) >= 11 is 0. The zero-order chi connectivity index (χ0) is 15.0. The van der Waals surface area contributed by atoms with E-state index in [0.29, 0.717) is 11.4 Å². The summed E-state index contributed by atoms with van der Waals surface area (Å²) in [6.45, 7) is 6.32. The van der Waals surface area contributed by atoms with Crippen molar-refractivity contribution >= 4 is 10.9 Å². The number of phenols is 1. The number of hydrogen-bond acceptors (Lipinski definition) is 2. The molecule has 0 aliphatic rings. The molecule has 1 heterocycles. The molecule has 2 nitrogen and oxygen atoms in total. The second-order valence-corrected chi connectivity index (χ2v) is 5.76. The van der Waals surface area contributed by atoms with E-state index >= 15 is 0 Å². The number of pyridine rings is 1. The Labute approximate surface area is 125 Å². The first-order valence-electron chi connectivity index (χ1n) is 7.26. The van der Waals surface area contributed by atoms with Gasteiger partial charge in [0.15, 0.2) is 0 Å². The molecule has 2 aromatic carbocycles. The predicted molar refractivity (Wildman–Crippen MR) is 87.7 cm³/mol. The van der Waals surface area contributed by atoms with Crippen LogP contribution < -0.4 is 0 Å². The molecule has 0 radical (unpaired) electrons. The Balaban J connectivity index is 2.18. The SMILES string of the molecule is Cc1ccc2c(-c3ccc(C(C)C)cc3)ccc(O)c2n1. The summed E-state index contributed by atoms with van der Waals surface area (Å²) in [5, 5.41) is 11.0. The standard InChI is InChI=1S/C19H19NO/c1-12(2)14-5-7-15(8-6-14)16-10-11-18(21)19-17(16)9-4-13(3)20-19/h4-12,21H,1-3H3. The van der Waals surface area contributed by atoms with E-state index in [0.717, 1.165) is 22.2 Å². The van der Waals surface area contributed by atoms with E-state index in [2.05, 4.69) is 43.1 Å². The van der Waals surface area contributed by atoms with E-state index in [9.17, 15) is 5.11 Å². The highest BCUT2D eigenvalue weighted by atomic mass is 16.3.